The van der Waals surface area contributed by atoms with Gasteiger partial charge >= 0.3 is 0 Å². The van der Waals surface area contributed by atoms with E-state index in [0.29, 0.717) is 5.82 Å². The number of para-hydroxylation sites is 2. The third kappa shape index (κ3) is 2.57. The number of benzene rings is 1. The van der Waals surface area contributed by atoms with Crippen molar-refractivity contribution < 1.29 is 4.79 Å². The second-order valence-electron chi connectivity index (χ2n) is 5.39. The Morgan fingerprint density at radius 3 is 3.04 bits per heavy atom. The van der Waals surface area contributed by atoms with Gasteiger partial charge in [-0.15, -0.1) is 11.3 Å². The fourth-order valence-electron chi connectivity index (χ4n) is 2.61. The summed E-state index contributed by atoms with van der Waals surface area (Å²) in [5.41, 5.74) is 3.97. The largest absolute Gasteiger partial charge is 0.310 e. The van der Waals surface area contributed by atoms with Crippen LogP contribution in [0.5, 0.6) is 0 Å². The molecule has 1 N–H and O–H groups in total. The highest BCUT2D eigenvalue weighted by molar-refractivity contribution is 7.15. The number of nitrogens with one attached hydrogen (secondary N) is 1. The van der Waals surface area contributed by atoms with Crippen LogP contribution in [0.4, 0.5) is 5.82 Å². The number of pyridine rings is 1. The first-order valence-corrected chi connectivity index (χ1v) is 8.15. The minimum atomic E-state index is -0.0828. The Morgan fingerprint density at radius 1 is 1.30 bits per heavy atom. The molecule has 0 atom stereocenters. The van der Waals surface area contributed by atoms with Crippen LogP contribution in [-0.4, -0.2) is 20.3 Å². The van der Waals surface area contributed by atoms with Crippen molar-refractivity contribution in [2.45, 2.75) is 13.3 Å². The lowest BCUT2D eigenvalue weighted by Gasteiger charge is -2.05. The molecule has 5 nitrogen and oxygen atoms in total. The number of carbonyl (C=O) groups excluding carboxylic acids is 1. The molecule has 0 spiro atoms. The minimum Gasteiger partial charge on any atom is -0.310 e. The number of hydrogen-bond donors (Lipinski definition) is 1. The molecule has 0 radical (unpaired) electrons. The van der Waals surface area contributed by atoms with Gasteiger partial charge < -0.3 is 5.32 Å². The molecule has 6 heteroatoms. The van der Waals surface area contributed by atoms with Crippen molar-refractivity contribution in [2.75, 3.05) is 5.32 Å². The zero-order chi connectivity index (χ0) is 15.8. The molecule has 0 saturated heterocycles. The third-order valence-electron chi connectivity index (χ3n) is 3.64. The van der Waals surface area contributed by atoms with Gasteiger partial charge in [-0.2, -0.15) is 0 Å². The van der Waals surface area contributed by atoms with Gasteiger partial charge in [0.05, 0.1) is 17.5 Å². The summed E-state index contributed by atoms with van der Waals surface area (Å²) in [4.78, 5) is 22.0. The second-order valence-corrected chi connectivity index (χ2v) is 6.23. The molecule has 0 aliphatic carbocycles. The lowest BCUT2D eigenvalue weighted by molar-refractivity contribution is -0.115. The van der Waals surface area contributed by atoms with Crippen molar-refractivity contribution in [3.05, 3.63) is 59.2 Å². The Kier molecular flexibility index (Phi) is 3.31. The van der Waals surface area contributed by atoms with Crippen molar-refractivity contribution in [1.82, 2.24) is 14.4 Å². The second kappa shape index (κ2) is 5.48. The number of thiazole rings is 1. The molecule has 0 aliphatic heterocycles. The monoisotopic (exact) mass is 322 g/mol. The Hall–Kier alpha value is -2.73. The van der Waals surface area contributed by atoms with Gasteiger partial charge in [-0.05, 0) is 36.8 Å². The molecule has 3 aromatic heterocycles. The molecule has 4 rings (SSSR count). The molecule has 0 bridgehead atoms. The first kappa shape index (κ1) is 13.9. The molecule has 3 heterocycles. The van der Waals surface area contributed by atoms with Crippen LogP contribution < -0.4 is 5.32 Å². The first-order chi connectivity index (χ1) is 11.2. The highest BCUT2D eigenvalue weighted by Gasteiger charge is 2.13. The number of aryl methyl sites for hydroxylation is 1. The van der Waals surface area contributed by atoms with E-state index in [1.165, 1.54) is 0 Å². The molecular formula is C17H14N4OS. The molecular weight excluding hydrogens is 308 g/mol. The van der Waals surface area contributed by atoms with Crippen LogP contribution >= 0.6 is 11.3 Å². The number of rotatable bonds is 3. The van der Waals surface area contributed by atoms with E-state index in [9.17, 15) is 4.79 Å². The van der Waals surface area contributed by atoms with Crippen LogP contribution in [0.25, 0.3) is 16.0 Å². The summed E-state index contributed by atoms with van der Waals surface area (Å²) in [5.74, 6) is 0.498. The molecule has 114 valence electrons. The standard InChI is InChI=1S/C17H14N4OS/c1-11-6-7-18-15(8-11)20-16(22)9-12-10-23-17-19-13-4-2-3-5-14(13)21(12)17/h2-8,10H,9H2,1H3,(H,18,20,22). The van der Waals surface area contributed by atoms with Crippen molar-refractivity contribution in [3.8, 4) is 0 Å². The Morgan fingerprint density at radius 2 is 2.17 bits per heavy atom. The highest BCUT2D eigenvalue weighted by Crippen LogP contribution is 2.23. The van der Waals surface area contributed by atoms with Crippen molar-refractivity contribution in [2.24, 2.45) is 0 Å². The smallest absolute Gasteiger partial charge is 0.231 e. The Balaban J connectivity index is 1.63. The molecule has 4 aromatic rings. The average molecular weight is 322 g/mol. The summed E-state index contributed by atoms with van der Waals surface area (Å²) in [7, 11) is 0. The lowest BCUT2D eigenvalue weighted by atomic mass is 10.2. The van der Waals surface area contributed by atoms with Gasteiger partial charge in [0, 0.05) is 17.3 Å². The highest BCUT2D eigenvalue weighted by atomic mass is 32.1. The van der Waals surface area contributed by atoms with Gasteiger partial charge in [0.1, 0.15) is 5.82 Å². The normalized spacial score (nSPS) is 11.2. The average Bonchev–Trinajstić information content (AvgIpc) is 3.07. The Labute approximate surface area is 136 Å². The van der Waals surface area contributed by atoms with E-state index in [1.807, 2.05) is 53.1 Å². The molecule has 23 heavy (non-hydrogen) atoms. The van der Waals surface area contributed by atoms with E-state index in [2.05, 4.69) is 15.3 Å². The van der Waals surface area contributed by atoms with Gasteiger partial charge in [-0.3, -0.25) is 9.20 Å². The number of hydrogen-bond acceptors (Lipinski definition) is 4. The van der Waals surface area contributed by atoms with Crippen LogP contribution in [-0.2, 0) is 11.2 Å². The van der Waals surface area contributed by atoms with E-state index in [4.69, 9.17) is 0 Å². The minimum absolute atomic E-state index is 0.0828. The van der Waals surface area contributed by atoms with Gasteiger partial charge in [0.15, 0.2) is 4.96 Å². The van der Waals surface area contributed by atoms with Gasteiger partial charge in [-0.1, -0.05) is 12.1 Å². The van der Waals surface area contributed by atoms with Crippen molar-refractivity contribution in [3.63, 3.8) is 0 Å². The van der Waals surface area contributed by atoms with E-state index >= 15 is 0 Å². The molecule has 1 aromatic carbocycles. The maximum atomic E-state index is 12.3. The van der Waals surface area contributed by atoms with Crippen LogP contribution in [0.2, 0.25) is 0 Å². The quantitative estimate of drug-likeness (QED) is 0.628. The number of nitrogens with zero attached hydrogens (tertiary/aromatic N) is 3. The van der Waals surface area contributed by atoms with Crippen molar-refractivity contribution in [1.29, 1.82) is 0 Å². The predicted octanol–water partition coefficient (Wildman–Crippen LogP) is 3.43. The Bertz CT molecular complexity index is 1020. The third-order valence-corrected chi connectivity index (χ3v) is 4.52. The number of carbonyl (C=O) groups is 1. The van der Waals surface area contributed by atoms with Gasteiger partial charge in [0.25, 0.3) is 0 Å². The number of amides is 1. The van der Waals surface area contributed by atoms with Crippen LogP contribution in [0.1, 0.15) is 11.3 Å². The maximum absolute atomic E-state index is 12.3. The molecule has 0 aliphatic rings. The fourth-order valence-corrected chi connectivity index (χ4v) is 3.51. The topological polar surface area (TPSA) is 59.3 Å². The number of fused-ring (bicyclic) bond motifs is 3. The predicted molar refractivity (Wildman–Crippen MR) is 91.9 cm³/mol. The lowest BCUT2D eigenvalue weighted by Crippen LogP contribution is -2.16. The zero-order valence-corrected chi connectivity index (χ0v) is 13.3. The number of anilines is 1. The van der Waals surface area contributed by atoms with Crippen molar-refractivity contribution >= 4 is 39.1 Å². The van der Waals surface area contributed by atoms with E-state index < -0.39 is 0 Å². The van der Waals surface area contributed by atoms with E-state index in [-0.39, 0.29) is 12.3 Å². The van der Waals surface area contributed by atoms with Crippen LogP contribution in [0.15, 0.2) is 48.0 Å². The van der Waals surface area contributed by atoms with Gasteiger partial charge in [-0.25, -0.2) is 9.97 Å². The number of aromatic nitrogens is 3. The van der Waals surface area contributed by atoms with Crippen LogP contribution in [0.3, 0.4) is 0 Å². The fraction of sp³-hybridized carbons (Fsp3) is 0.118. The van der Waals surface area contributed by atoms with E-state index in [1.54, 1.807) is 17.5 Å². The SMILES string of the molecule is Cc1ccnc(NC(=O)Cc2csc3nc4ccccc4n23)c1. The molecule has 0 fully saturated rings. The summed E-state index contributed by atoms with van der Waals surface area (Å²) in [5, 5.41) is 4.83. The molecule has 0 unspecified atom stereocenters. The van der Waals surface area contributed by atoms with Gasteiger partial charge in [0.2, 0.25) is 5.91 Å². The first-order valence-electron chi connectivity index (χ1n) is 7.27. The summed E-state index contributed by atoms with van der Waals surface area (Å²) in [6.07, 6.45) is 1.98. The van der Waals surface area contributed by atoms with Crippen LogP contribution in [0, 0.1) is 6.92 Å². The zero-order valence-electron chi connectivity index (χ0n) is 12.5. The summed E-state index contributed by atoms with van der Waals surface area (Å²) >= 11 is 1.55. The number of imidazole rings is 1. The molecule has 1 amide bonds. The maximum Gasteiger partial charge on any atom is 0.231 e. The summed E-state index contributed by atoms with van der Waals surface area (Å²) in [6.45, 7) is 1.97. The van der Waals surface area contributed by atoms with E-state index in [0.717, 1.165) is 27.3 Å². The summed E-state index contributed by atoms with van der Waals surface area (Å²) in [6, 6.07) is 11.7. The molecule has 0 saturated carbocycles. The summed E-state index contributed by atoms with van der Waals surface area (Å²) < 4.78 is 2.04.